The van der Waals surface area contributed by atoms with E-state index in [0.717, 1.165) is 12.8 Å². The highest BCUT2D eigenvalue weighted by Crippen LogP contribution is 2.17. The Labute approximate surface area is 197 Å². The zero-order valence-corrected chi connectivity index (χ0v) is 23.8. The molecule has 0 saturated carbocycles. The van der Waals surface area contributed by atoms with Gasteiger partial charge in [-0.1, -0.05) is 102 Å². The van der Waals surface area contributed by atoms with Gasteiger partial charge in [0.15, 0.2) is 0 Å². The molecule has 0 spiro atoms. The smallest absolute Gasteiger partial charge is 0.323 e. The van der Waals surface area contributed by atoms with E-state index >= 15 is 0 Å². The molecule has 0 aliphatic rings. The van der Waals surface area contributed by atoms with Gasteiger partial charge >= 0.3 is 17.1 Å². The third kappa shape index (κ3) is 22.8. The summed E-state index contributed by atoms with van der Waals surface area (Å²) in [5.74, 6) is 0. The Morgan fingerprint density at radius 3 is 1.23 bits per heavy atom. The second kappa shape index (κ2) is 20.4. The van der Waals surface area contributed by atoms with Gasteiger partial charge in [0.05, 0.1) is 13.2 Å². The zero-order chi connectivity index (χ0) is 23.3. The molecule has 0 amide bonds. The quantitative estimate of drug-likeness (QED) is 0.0897. The van der Waals surface area contributed by atoms with Gasteiger partial charge in [0.2, 0.25) is 0 Å². The second-order valence-corrected chi connectivity index (χ2v) is 16.6. The van der Waals surface area contributed by atoms with E-state index in [0.29, 0.717) is 13.2 Å². The normalized spacial score (nSPS) is 13.1. The van der Waals surface area contributed by atoms with Gasteiger partial charge in [-0.3, -0.25) is 0 Å². The summed E-state index contributed by atoms with van der Waals surface area (Å²) in [5.41, 5.74) is 0. The van der Waals surface area contributed by atoms with Crippen molar-refractivity contribution in [3.05, 3.63) is 24.3 Å². The number of allylic oxidation sites excluding steroid dienone is 2. The molecule has 0 aliphatic heterocycles. The third-order valence-corrected chi connectivity index (χ3v) is 11.0. The lowest BCUT2D eigenvalue weighted by molar-refractivity contribution is 0.221. The summed E-state index contributed by atoms with van der Waals surface area (Å²) in [6.45, 7) is 14.3. The van der Waals surface area contributed by atoms with E-state index in [1.807, 2.05) is 0 Å². The Bertz CT molecular complexity index is 408. The molecule has 0 heterocycles. The van der Waals surface area contributed by atoms with Gasteiger partial charge in [0.1, 0.15) is 0 Å². The Morgan fingerprint density at radius 2 is 0.839 bits per heavy atom. The lowest BCUT2D eigenvalue weighted by atomic mass is 10.1. The largest absolute Gasteiger partial charge is 0.415 e. The van der Waals surface area contributed by atoms with E-state index in [4.69, 9.17) is 13.0 Å². The standard InChI is InChI=1S/C26H54O3Si2/c1-7-9-11-13-15-17-19-21-23-25-27-30(3,4)29-31(5,6)28-26-24-22-20-18-16-14-12-10-8-2/h21-24H,7-20,25-26H2,1-6H3/b23-21+,24-22+. The summed E-state index contributed by atoms with van der Waals surface area (Å²) in [6, 6.07) is 0. The third-order valence-electron chi connectivity index (χ3n) is 5.33. The van der Waals surface area contributed by atoms with Crippen molar-refractivity contribution in [1.29, 1.82) is 0 Å². The molecular weight excluding hydrogens is 416 g/mol. The summed E-state index contributed by atoms with van der Waals surface area (Å²) in [5, 5.41) is 0. The maximum Gasteiger partial charge on any atom is 0.323 e. The summed E-state index contributed by atoms with van der Waals surface area (Å²) >= 11 is 0. The Kier molecular flexibility index (Phi) is 20.3. The highest BCUT2D eigenvalue weighted by atomic mass is 28.5. The van der Waals surface area contributed by atoms with Gasteiger partial charge in [-0.2, -0.15) is 0 Å². The molecule has 0 rings (SSSR count). The molecule has 0 atom stereocenters. The molecule has 0 aromatic carbocycles. The molecular formula is C26H54O3Si2. The van der Waals surface area contributed by atoms with Gasteiger partial charge in [0, 0.05) is 0 Å². The van der Waals surface area contributed by atoms with Crippen molar-refractivity contribution < 1.29 is 13.0 Å². The Balaban J connectivity index is 3.84. The molecule has 0 unspecified atom stereocenters. The van der Waals surface area contributed by atoms with Gasteiger partial charge < -0.3 is 13.0 Å². The van der Waals surface area contributed by atoms with Crippen LogP contribution < -0.4 is 0 Å². The number of rotatable bonds is 22. The first kappa shape index (κ1) is 30.8. The van der Waals surface area contributed by atoms with Gasteiger partial charge in [-0.05, 0) is 51.9 Å². The lowest BCUT2D eigenvalue weighted by Crippen LogP contribution is -2.48. The fourth-order valence-electron chi connectivity index (χ4n) is 3.61. The highest BCUT2D eigenvalue weighted by Gasteiger charge is 2.35. The molecule has 3 nitrogen and oxygen atoms in total. The van der Waals surface area contributed by atoms with Crippen LogP contribution in [0.15, 0.2) is 24.3 Å². The number of unbranched alkanes of at least 4 members (excludes halogenated alkanes) is 12. The monoisotopic (exact) mass is 470 g/mol. The van der Waals surface area contributed by atoms with Crippen LogP contribution in [0.3, 0.4) is 0 Å². The summed E-state index contributed by atoms with van der Waals surface area (Å²) in [6.07, 6.45) is 27.3. The molecule has 5 heteroatoms. The van der Waals surface area contributed by atoms with E-state index in [9.17, 15) is 0 Å². The van der Waals surface area contributed by atoms with Crippen molar-refractivity contribution in [2.24, 2.45) is 0 Å². The van der Waals surface area contributed by atoms with Gasteiger partial charge in [-0.25, -0.2) is 0 Å². The first-order chi connectivity index (χ1) is 14.8. The molecule has 0 bridgehead atoms. The van der Waals surface area contributed by atoms with Crippen LogP contribution in [0.1, 0.15) is 104 Å². The fraction of sp³-hybridized carbons (Fsp3) is 0.846. The molecule has 0 aliphatic carbocycles. The first-order valence-corrected chi connectivity index (χ1v) is 18.7. The van der Waals surface area contributed by atoms with Crippen LogP contribution in [-0.4, -0.2) is 30.3 Å². The van der Waals surface area contributed by atoms with E-state index in [2.05, 4.69) is 64.3 Å². The molecule has 0 saturated heterocycles. The Morgan fingerprint density at radius 1 is 0.484 bits per heavy atom. The zero-order valence-electron chi connectivity index (χ0n) is 21.8. The maximum absolute atomic E-state index is 6.36. The topological polar surface area (TPSA) is 27.7 Å². The SMILES string of the molecule is CCCCCCCC/C=C/CO[Si](C)(C)O[Si](C)(C)OC/C=C/CCCCCCCC. The minimum atomic E-state index is -2.17. The van der Waals surface area contributed by atoms with Crippen LogP contribution in [0.25, 0.3) is 0 Å². The van der Waals surface area contributed by atoms with Crippen molar-refractivity contribution in [3.8, 4) is 0 Å². The van der Waals surface area contributed by atoms with E-state index in [1.54, 1.807) is 0 Å². The molecule has 31 heavy (non-hydrogen) atoms. The molecule has 0 N–H and O–H groups in total. The first-order valence-electron chi connectivity index (χ1n) is 13.1. The van der Waals surface area contributed by atoms with Crippen LogP contribution in [0.5, 0.6) is 0 Å². The van der Waals surface area contributed by atoms with Crippen molar-refractivity contribution >= 4 is 17.1 Å². The van der Waals surface area contributed by atoms with Gasteiger partial charge in [0.25, 0.3) is 0 Å². The van der Waals surface area contributed by atoms with E-state index in [-0.39, 0.29) is 0 Å². The molecule has 184 valence electrons. The number of hydrogen-bond donors (Lipinski definition) is 0. The fourth-order valence-corrected chi connectivity index (χ4v) is 9.81. The van der Waals surface area contributed by atoms with Crippen LogP contribution in [-0.2, 0) is 13.0 Å². The van der Waals surface area contributed by atoms with Crippen molar-refractivity contribution in [1.82, 2.24) is 0 Å². The maximum atomic E-state index is 6.36. The number of hydrogen-bond acceptors (Lipinski definition) is 3. The highest BCUT2D eigenvalue weighted by molar-refractivity contribution is 6.78. The predicted molar refractivity (Wildman–Crippen MR) is 142 cm³/mol. The Hall–Kier alpha value is -0.206. The minimum absolute atomic E-state index is 0.650. The lowest BCUT2D eigenvalue weighted by Gasteiger charge is -2.32. The van der Waals surface area contributed by atoms with Crippen molar-refractivity contribution in [3.63, 3.8) is 0 Å². The summed E-state index contributed by atoms with van der Waals surface area (Å²) in [4.78, 5) is 0. The molecule has 0 fully saturated rings. The van der Waals surface area contributed by atoms with Crippen LogP contribution in [0.2, 0.25) is 26.2 Å². The minimum Gasteiger partial charge on any atom is -0.415 e. The van der Waals surface area contributed by atoms with E-state index < -0.39 is 17.1 Å². The summed E-state index contributed by atoms with van der Waals surface area (Å²) in [7, 11) is -4.33. The van der Waals surface area contributed by atoms with Crippen LogP contribution in [0.4, 0.5) is 0 Å². The molecule has 0 radical (unpaired) electrons. The summed E-state index contributed by atoms with van der Waals surface area (Å²) < 4.78 is 18.5. The van der Waals surface area contributed by atoms with Crippen molar-refractivity contribution in [2.75, 3.05) is 13.2 Å². The second-order valence-electron chi connectivity index (χ2n) is 9.58. The van der Waals surface area contributed by atoms with Crippen LogP contribution >= 0.6 is 0 Å². The average molecular weight is 471 g/mol. The molecule has 0 aromatic heterocycles. The van der Waals surface area contributed by atoms with E-state index in [1.165, 1.54) is 77.0 Å². The van der Waals surface area contributed by atoms with Crippen molar-refractivity contribution in [2.45, 2.75) is 130 Å². The van der Waals surface area contributed by atoms with Gasteiger partial charge in [-0.15, -0.1) is 0 Å². The molecule has 0 aromatic rings. The average Bonchev–Trinajstić information content (AvgIpc) is 2.70. The van der Waals surface area contributed by atoms with Crippen LogP contribution in [0, 0.1) is 0 Å². The predicted octanol–water partition coefficient (Wildman–Crippen LogP) is 9.05.